The van der Waals surface area contributed by atoms with Crippen LogP contribution in [-0.2, 0) is 19.7 Å². The molecule has 1 aromatic carbocycles. The van der Waals surface area contributed by atoms with E-state index in [4.69, 9.17) is 4.74 Å². The van der Waals surface area contributed by atoms with Crippen molar-refractivity contribution in [2.24, 2.45) is 0 Å². The van der Waals surface area contributed by atoms with Crippen molar-refractivity contribution in [3.63, 3.8) is 0 Å². The third-order valence-electron chi connectivity index (χ3n) is 3.04. The van der Waals surface area contributed by atoms with Gasteiger partial charge >= 0.3 is 5.97 Å². The van der Waals surface area contributed by atoms with Crippen molar-refractivity contribution >= 4 is 11.8 Å². The summed E-state index contributed by atoms with van der Waals surface area (Å²) < 4.78 is 18.1. The molecule has 0 amide bonds. The number of hydrogen-bond donors (Lipinski definition) is 0. The predicted octanol–water partition coefficient (Wildman–Crippen LogP) is 1.99. The van der Waals surface area contributed by atoms with E-state index in [0.717, 1.165) is 0 Å². The van der Waals surface area contributed by atoms with Gasteiger partial charge in [0, 0.05) is 12.8 Å². The van der Waals surface area contributed by atoms with Crippen LogP contribution in [0.4, 0.5) is 4.39 Å². The van der Waals surface area contributed by atoms with Gasteiger partial charge in [0.15, 0.2) is 0 Å². The monoisotopic (exact) mass is 236 g/mol. The summed E-state index contributed by atoms with van der Waals surface area (Å²) in [5.41, 5.74) is -0.439. The number of benzene rings is 1. The molecule has 0 N–H and O–H groups in total. The summed E-state index contributed by atoms with van der Waals surface area (Å²) in [5.74, 6) is -0.849. The number of carbonyl (C=O) groups excluding carboxylic acids is 2. The van der Waals surface area contributed by atoms with E-state index < -0.39 is 17.2 Å². The van der Waals surface area contributed by atoms with Crippen LogP contribution in [0.2, 0.25) is 0 Å². The second kappa shape index (κ2) is 4.28. The third-order valence-corrected chi connectivity index (χ3v) is 3.04. The molecule has 0 aliphatic heterocycles. The number of ether oxygens (including phenoxy) is 1. The van der Waals surface area contributed by atoms with Crippen LogP contribution in [0.5, 0.6) is 0 Å². The molecule has 0 unspecified atom stereocenters. The van der Waals surface area contributed by atoms with Crippen LogP contribution in [0, 0.1) is 5.82 Å². The maximum Gasteiger partial charge on any atom is 0.317 e. The van der Waals surface area contributed by atoms with E-state index in [9.17, 15) is 14.0 Å². The molecular weight excluding hydrogens is 223 g/mol. The zero-order chi connectivity index (χ0) is 12.5. The summed E-state index contributed by atoms with van der Waals surface area (Å²) >= 11 is 0. The Morgan fingerprint density at radius 3 is 2.71 bits per heavy atom. The van der Waals surface area contributed by atoms with E-state index in [0.29, 0.717) is 5.56 Å². The lowest BCUT2D eigenvalue weighted by Gasteiger charge is -2.38. The first-order valence-electron chi connectivity index (χ1n) is 5.53. The fraction of sp³-hybridized carbons (Fsp3) is 0.385. The Bertz CT molecular complexity index is 459. The van der Waals surface area contributed by atoms with Crippen molar-refractivity contribution in [2.75, 3.05) is 6.61 Å². The van der Waals surface area contributed by atoms with Gasteiger partial charge in [0.25, 0.3) is 0 Å². The number of ketones is 1. The summed E-state index contributed by atoms with van der Waals surface area (Å²) in [6, 6.07) is 5.80. The fourth-order valence-corrected chi connectivity index (χ4v) is 2.14. The first-order chi connectivity index (χ1) is 8.08. The van der Waals surface area contributed by atoms with Crippen molar-refractivity contribution in [1.29, 1.82) is 0 Å². The molecule has 1 aliphatic rings. The molecule has 2 rings (SSSR count). The SMILES string of the molecule is CCOC(=O)C1(c2cccc(F)c2)CC(=O)C1. The van der Waals surface area contributed by atoms with Gasteiger partial charge in [-0.2, -0.15) is 0 Å². The van der Waals surface area contributed by atoms with Crippen molar-refractivity contribution < 1.29 is 18.7 Å². The van der Waals surface area contributed by atoms with Gasteiger partial charge in [-0.1, -0.05) is 12.1 Å². The van der Waals surface area contributed by atoms with Crippen molar-refractivity contribution in [2.45, 2.75) is 25.2 Å². The van der Waals surface area contributed by atoms with Crippen LogP contribution in [-0.4, -0.2) is 18.4 Å². The van der Waals surface area contributed by atoms with Crippen LogP contribution >= 0.6 is 0 Å². The molecule has 0 saturated heterocycles. The fourth-order valence-electron chi connectivity index (χ4n) is 2.14. The normalized spacial score (nSPS) is 17.4. The standard InChI is InChI=1S/C13H13FO3/c1-2-17-12(16)13(7-11(15)8-13)9-4-3-5-10(14)6-9/h3-6H,2,7-8H2,1H3. The smallest absolute Gasteiger partial charge is 0.317 e. The van der Waals surface area contributed by atoms with Gasteiger partial charge in [0.05, 0.1) is 6.61 Å². The van der Waals surface area contributed by atoms with Crippen LogP contribution < -0.4 is 0 Å². The van der Waals surface area contributed by atoms with Crippen LogP contribution in [0.15, 0.2) is 24.3 Å². The number of rotatable bonds is 3. The molecule has 0 atom stereocenters. The molecule has 4 heteroatoms. The highest BCUT2D eigenvalue weighted by Crippen LogP contribution is 2.42. The molecule has 1 saturated carbocycles. The summed E-state index contributed by atoms with van der Waals surface area (Å²) in [6.45, 7) is 1.96. The number of hydrogen-bond acceptors (Lipinski definition) is 3. The number of esters is 1. The Balaban J connectivity index is 2.35. The predicted molar refractivity (Wildman–Crippen MR) is 59.0 cm³/mol. The summed E-state index contributed by atoms with van der Waals surface area (Å²) in [4.78, 5) is 23.1. The lowest BCUT2D eigenvalue weighted by molar-refractivity contribution is -0.158. The Labute approximate surface area is 98.6 Å². The van der Waals surface area contributed by atoms with Crippen LogP contribution in [0.25, 0.3) is 0 Å². The topological polar surface area (TPSA) is 43.4 Å². The highest BCUT2D eigenvalue weighted by atomic mass is 19.1. The van der Waals surface area contributed by atoms with Gasteiger partial charge in [-0.3, -0.25) is 9.59 Å². The zero-order valence-electron chi connectivity index (χ0n) is 9.53. The van der Waals surface area contributed by atoms with Gasteiger partial charge in [-0.05, 0) is 24.6 Å². The second-order valence-corrected chi connectivity index (χ2v) is 4.21. The first kappa shape index (κ1) is 11.8. The molecule has 3 nitrogen and oxygen atoms in total. The van der Waals surface area contributed by atoms with E-state index in [-0.39, 0.29) is 25.2 Å². The quantitative estimate of drug-likeness (QED) is 0.754. The van der Waals surface area contributed by atoms with Gasteiger partial charge < -0.3 is 4.74 Å². The van der Waals surface area contributed by atoms with E-state index in [1.165, 1.54) is 18.2 Å². The molecule has 17 heavy (non-hydrogen) atoms. The molecule has 0 heterocycles. The second-order valence-electron chi connectivity index (χ2n) is 4.21. The van der Waals surface area contributed by atoms with Crippen molar-refractivity contribution in [3.8, 4) is 0 Å². The molecular formula is C13H13FO3. The maximum atomic E-state index is 13.2. The Morgan fingerprint density at radius 2 is 2.18 bits per heavy atom. The van der Waals surface area contributed by atoms with Gasteiger partial charge in [-0.15, -0.1) is 0 Å². The van der Waals surface area contributed by atoms with Crippen LogP contribution in [0.1, 0.15) is 25.3 Å². The van der Waals surface area contributed by atoms with Gasteiger partial charge in [0.1, 0.15) is 17.0 Å². The molecule has 0 spiro atoms. The Hall–Kier alpha value is -1.71. The van der Waals surface area contributed by atoms with Crippen LogP contribution in [0.3, 0.4) is 0 Å². The minimum atomic E-state index is -0.963. The van der Waals surface area contributed by atoms with E-state index in [1.54, 1.807) is 13.0 Å². The lowest BCUT2D eigenvalue weighted by atomic mass is 9.63. The minimum Gasteiger partial charge on any atom is -0.465 e. The van der Waals surface area contributed by atoms with E-state index in [1.807, 2.05) is 0 Å². The number of carbonyl (C=O) groups is 2. The van der Waals surface area contributed by atoms with Crippen molar-refractivity contribution in [3.05, 3.63) is 35.6 Å². The van der Waals surface area contributed by atoms with Gasteiger partial charge in [-0.25, -0.2) is 4.39 Å². The zero-order valence-corrected chi connectivity index (χ0v) is 9.53. The average molecular weight is 236 g/mol. The number of Topliss-reactive ketones (excluding diaryl/α,β-unsaturated/α-hetero) is 1. The molecule has 90 valence electrons. The highest BCUT2D eigenvalue weighted by molar-refractivity contribution is 6.02. The molecule has 1 aromatic rings. The Morgan fingerprint density at radius 1 is 1.47 bits per heavy atom. The summed E-state index contributed by atoms with van der Waals surface area (Å²) in [6.07, 6.45) is 0.213. The molecule has 1 aliphatic carbocycles. The Kier molecular flexibility index (Phi) is 2.96. The average Bonchev–Trinajstić information content (AvgIpc) is 2.24. The molecule has 0 bridgehead atoms. The van der Waals surface area contributed by atoms with E-state index in [2.05, 4.69) is 0 Å². The largest absolute Gasteiger partial charge is 0.465 e. The summed E-state index contributed by atoms with van der Waals surface area (Å²) in [7, 11) is 0. The molecule has 0 aromatic heterocycles. The molecule has 1 fully saturated rings. The van der Waals surface area contributed by atoms with E-state index >= 15 is 0 Å². The first-order valence-corrected chi connectivity index (χ1v) is 5.53. The maximum absolute atomic E-state index is 13.2. The molecule has 0 radical (unpaired) electrons. The van der Waals surface area contributed by atoms with Gasteiger partial charge in [0.2, 0.25) is 0 Å². The van der Waals surface area contributed by atoms with Crippen molar-refractivity contribution in [1.82, 2.24) is 0 Å². The summed E-state index contributed by atoms with van der Waals surface area (Å²) in [5, 5.41) is 0. The lowest BCUT2D eigenvalue weighted by Crippen LogP contribution is -2.49. The highest BCUT2D eigenvalue weighted by Gasteiger charge is 2.52. The third kappa shape index (κ3) is 1.95. The number of halogens is 1. The minimum absolute atomic E-state index is 0.00214.